The number of aromatic nitrogens is 1. The predicted octanol–water partition coefficient (Wildman–Crippen LogP) is 4.65. The van der Waals surface area contributed by atoms with Gasteiger partial charge in [-0.2, -0.15) is 4.37 Å². The van der Waals surface area contributed by atoms with Crippen molar-refractivity contribution in [3.8, 4) is 5.75 Å². The molecule has 1 atom stereocenters. The molecule has 5 N–H and O–H groups in total. The fourth-order valence-corrected chi connectivity index (χ4v) is 4.58. The Balaban J connectivity index is 2.24. The summed E-state index contributed by atoms with van der Waals surface area (Å²) in [5.41, 5.74) is 12.9. The van der Waals surface area contributed by atoms with Gasteiger partial charge in [0.15, 0.2) is 5.69 Å². The van der Waals surface area contributed by atoms with Gasteiger partial charge in [-0.05, 0) is 73.1 Å². The van der Waals surface area contributed by atoms with Gasteiger partial charge in [-0.15, -0.1) is 0 Å². The van der Waals surface area contributed by atoms with Crippen LogP contribution in [0.4, 0.5) is 11.4 Å². The standard InChI is InChI=1S/C28H35N5O4S/c1-7-28(4,5)31-26(35)23(18-10-14-20(37-6)15-11-18)33(19-12-8-17(9-13-19)16(2)3)27(36)24-21(29)22(25(30)34)32-38-24/h8-16,23H,7,29H2,1-6H3,(H2,30,34)(H,31,35)/t23-/m0/s1. The number of benzene rings is 2. The maximum Gasteiger partial charge on any atom is 0.273 e. The summed E-state index contributed by atoms with van der Waals surface area (Å²) in [7, 11) is 1.55. The van der Waals surface area contributed by atoms with Crippen molar-refractivity contribution in [2.45, 2.75) is 58.5 Å². The number of carbonyl (C=O) groups is 3. The van der Waals surface area contributed by atoms with E-state index in [9.17, 15) is 14.4 Å². The molecule has 3 aromatic rings. The molecule has 2 aromatic carbocycles. The smallest absolute Gasteiger partial charge is 0.273 e. The van der Waals surface area contributed by atoms with Crippen LogP contribution in [0.5, 0.6) is 5.75 Å². The van der Waals surface area contributed by atoms with Gasteiger partial charge >= 0.3 is 0 Å². The van der Waals surface area contributed by atoms with Crippen LogP contribution in [0.25, 0.3) is 0 Å². The predicted molar refractivity (Wildman–Crippen MR) is 151 cm³/mol. The third-order valence-electron chi connectivity index (χ3n) is 6.50. The average Bonchev–Trinajstić information content (AvgIpc) is 3.28. The lowest BCUT2D eigenvalue weighted by Gasteiger charge is -2.34. The van der Waals surface area contributed by atoms with Crippen LogP contribution in [0.3, 0.4) is 0 Å². The van der Waals surface area contributed by atoms with E-state index in [-0.39, 0.29) is 28.1 Å². The number of hydrogen-bond donors (Lipinski definition) is 3. The molecule has 202 valence electrons. The van der Waals surface area contributed by atoms with Crippen molar-refractivity contribution < 1.29 is 19.1 Å². The first kappa shape index (κ1) is 28.6. The molecule has 38 heavy (non-hydrogen) atoms. The van der Waals surface area contributed by atoms with Gasteiger partial charge in [0.2, 0.25) is 5.91 Å². The summed E-state index contributed by atoms with van der Waals surface area (Å²) in [6, 6.07) is 13.3. The van der Waals surface area contributed by atoms with Gasteiger partial charge in [-0.25, -0.2) is 0 Å². The Morgan fingerprint density at radius 2 is 1.63 bits per heavy atom. The van der Waals surface area contributed by atoms with Crippen LogP contribution in [0.15, 0.2) is 48.5 Å². The number of hydrogen-bond acceptors (Lipinski definition) is 7. The number of carbonyl (C=O) groups excluding carboxylic acids is 3. The molecule has 0 fully saturated rings. The van der Waals surface area contributed by atoms with Crippen molar-refractivity contribution in [2.75, 3.05) is 17.7 Å². The Hall–Kier alpha value is -3.92. The quantitative estimate of drug-likeness (QED) is 0.344. The molecule has 1 aromatic heterocycles. The third-order valence-corrected chi connectivity index (χ3v) is 7.35. The van der Waals surface area contributed by atoms with Gasteiger partial charge < -0.3 is 21.5 Å². The van der Waals surface area contributed by atoms with E-state index in [1.54, 1.807) is 43.5 Å². The maximum absolute atomic E-state index is 14.2. The lowest BCUT2D eigenvalue weighted by Crippen LogP contribution is -2.50. The van der Waals surface area contributed by atoms with Crippen LogP contribution >= 0.6 is 11.5 Å². The van der Waals surface area contributed by atoms with E-state index in [0.717, 1.165) is 17.1 Å². The topological polar surface area (TPSA) is 141 Å². The Morgan fingerprint density at radius 1 is 1.05 bits per heavy atom. The summed E-state index contributed by atoms with van der Waals surface area (Å²) in [4.78, 5) is 41.3. The van der Waals surface area contributed by atoms with Crippen molar-refractivity contribution >= 4 is 40.6 Å². The number of ether oxygens (including phenoxy) is 1. The lowest BCUT2D eigenvalue weighted by molar-refractivity contribution is -0.124. The molecule has 3 amide bonds. The Labute approximate surface area is 227 Å². The molecule has 0 unspecified atom stereocenters. The molecule has 0 bridgehead atoms. The molecule has 9 nitrogen and oxygen atoms in total. The molecular formula is C28H35N5O4S. The minimum Gasteiger partial charge on any atom is -0.497 e. The Morgan fingerprint density at radius 3 is 2.11 bits per heavy atom. The summed E-state index contributed by atoms with van der Waals surface area (Å²) >= 11 is 0.773. The molecule has 0 aliphatic rings. The largest absolute Gasteiger partial charge is 0.497 e. The molecule has 0 aliphatic heterocycles. The van der Waals surface area contributed by atoms with E-state index in [4.69, 9.17) is 16.2 Å². The highest BCUT2D eigenvalue weighted by Gasteiger charge is 2.37. The summed E-state index contributed by atoms with van der Waals surface area (Å²) < 4.78 is 9.30. The van der Waals surface area contributed by atoms with Crippen molar-refractivity contribution in [1.82, 2.24) is 9.69 Å². The van der Waals surface area contributed by atoms with Gasteiger partial charge in [0.1, 0.15) is 16.7 Å². The first-order chi connectivity index (χ1) is 17.9. The summed E-state index contributed by atoms with van der Waals surface area (Å²) in [6.07, 6.45) is 0.675. The fourth-order valence-electron chi connectivity index (χ4n) is 3.84. The van der Waals surface area contributed by atoms with Crippen molar-refractivity contribution in [2.24, 2.45) is 5.73 Å². The number of methoxy groups -OCH3 is 1. The zero-order chi connectivity index (χ0) is 28.2. The van der Waals surface area contributed by atoms with Gasteiger partial charge in [0, 0.05) is 11.2 Å². The SMILES string of the molecule is CCC(C)(C)NC(=O)[C@H](c1ccc(OC)cc1)N(C(=O)c1snc(C(N)=O)c1N)c1ccc(C(C)C)cc1. The van der Waals surface area contributed by atoms with E-state index in [1.807, 2.05) is 32.9 Å². The molecule has 1 heterocycles. The number of nitrogen functional groups attached to an aromatic ring is 1. The van der Waals surface area contributed by atoms with Crippen LogP contribution in [-0.2, 0) is 4.79 Å². The highest BCUT2D eigenvalue weighted by atomic mass is 32.1. The minimum absolute atomic E-state index is 0.0211. The molecule has 10 heteroatoms. The molecule has 0 spiro atoms. The number of primary amides is 1. The van der Waals surface area contributed by atoms with Crippen molar-refractivity contribution in [3.63, 3.8) is 0 Å². The summed E-state index contributed by atoms with van der Waals surface area (Å²) in [5, 5.41) is 3.08. The maximum atomic E-state index is 14.2. The number of nitrogens with one attached hydrogen (secondary N) is 1. The highest BCUT2D eigenvalue weighted by molar-refractivity contribution is 7.09. The van der Waals surface area contributed by atoms with E-state index in [0.29, 0.717) is 23.4 Å². The van der Waals surface area contributed by atoms with E-state index >= 15 is 0 Å². The van der Waals surface area contributed by atoms with Crippen LogP contribution < -0.4 is 26.4 Å². The number of nitrogens with two attached hydrogens (primary N) is 2. The molecule has 0 saturated heterocycles. The average molecular weight is 538 g/mol. The fraction of sp³-hybridized carbons (Fsp3) is 0.357. The van der Waals surface area contributed by atoms with Gasteiger partial charge in [-0.3, -0.25) is 19.3 Å². The molecule has 3 rings (SSSR count). The summed E-state index contributed by atoms with van der Waals surface area (Å²) in [5.74, 6) is -0.898. The number of rotatable bonds is 10. The lowest BCUT2D eigenvalue weighted by atomic mass is 9.97. The Bertz CT molecular complexity index is 1300. The van der Waals surface area contributed by atoms with E-state index in [2.05, 4.69) is 23.5 Å². The van der Waals surface area contributed by atoms with Gasteiger partial charge in [0.25, 0.3) is 11.8 Å². The van der Waals surface area contributed by atoms with Crippen LogP contribution in [0, 0.1) is 0 Å². The van der Waals surface area contributed by atoms with Crippen LogP contribution in [0.2, 0.25) is 0 Å². The third kappa shape index (κ3) is 6.13. The highest BCUT2D eigenvalue weighted by Crippen LogP contribution is 2.35. The first-order valence-electron chi connectivity index (χ1n) is 12.3. The second kappa shape index (κ2) is 11.6. The van der Waals surface area contributed by atoms with Gasteiger partial charge in [0.05, 0.1) is 12.8 Å². The second-order valence-corrected chi connectivity index (χ2v) is 10.7. The Kier molecular flexibility index (Phi) is 8.78. The molecular weight excluding hydrogens is 502 g/mol. The van der Waals surface area contributed by atoms with Crippen LogP contribution in [-0.4, -0.2) is 34.7 Å². The summed E-state index contributed by atoms with van der Waals surface area (Å²) in [6.45, 7) is 9.95. The van der Waals surface area contributed by atoms with Crippen molar-refractivity contribution in [1.29, 1.82) is 0 Å². The zero-order valence-corrected chi connectivity index (χ0v) is 23.4. The zero-order valence-electron chi connectivity index (χ0n) is 22.6. The second-order valence-electron chi connectivity index (χ2n) is 9.96. The number of amides is 3. The van der Waals surface area contributed by atoms with Crippen LogP contribution in [0.1, 0.15) is 84.3 Å². The van der Waals surface area contributed by atoms with E-state index in [1.165, 1.54) is 4.90 Å². The molecule has 0 aliphatic carbocycles. The number of nitrogens with zero attached hydrogens (tertiary/aromatic N) is 2. The number of anilines is 2. The van der Waals surface area contributed by atoms with E-state index < -0.39 is 23.4 Å². The monoisotopic (exact) mass is 537 g/mol. The molecule has 0 radical (unpaired) electrons. The normalized spacial score (nSPS) is 12.2. The minimum atomic E-state index is -1.07. The van der Waals surface area contributed by atoms with Gasteiger partial charge in [-0.1, -0.05) is 45.0 Å². The first-order valence-corrected chi connectivity index (χ1v) is 13.1. The molecule has 0 saturated carbocycles. The van der Waals surface area contributed by atoms with Crippen molar-refractivity contribution in [3.05, 3.63) is 70.2 Å².